The van der Waals surface area contributed by atoms with Crippen LogP contribution in [0.25, 0.3) is 26.2 Å². The Morgan fingerprint density at radius 3 is 2.50 bits per heavy atom. The predicted octanol–water partition coefficient (Wildman–Crippen LogP) is 8.55. The van der Waals surface area contributed by atoms with Gasteiger partial charge in [-0.25, -0.2) is 14.6 Å². The summed E-state index contributed by atoms with van der Waals surface area (Å²) in [5.41, 5.74) is 0.258. The maximum atomic E-state index is 13.0. The Hall–Kier alpha value is -3.80. The van der Waals surface area contributed by atoms with E-state index >= 15 is 0 Å². The molecule has 0 unspecified atom stereocenters. The highest BCUT2D eigenvalue weighted by Crippen LogP contribution is 2.40. The van der Waals surface area contributed by atoms with E-state index in [9.17, 15) is 19.7 Å². The largest absolute Gasteiger partial charge is 0.422 e. The fourth-order valence-electron chi connectivity index (χ4n) is 3.97. The van der Waals surface area contributed by atoms with Crippen molar-refractivity contribution in [2.75, 3.05) is 0 Å². The first-order valence-electron chi connectivity index (χ1n) is 11.3. The number of fused-ring (bicyclic) bond motifs is 2. The highest BCUT2D eigenvalue weighted by atomic mass is 35.5. The van der Waals surface area contributed by atoms with Crippen LogP contribution in [0.1, 0.15) is 20.1 Å². The van der Waals surface area contributed by atoms with E-state index in [2.05, 4.69) is 4.99 Å². The minimum atomic E-state index is -0.736. The fraction of sp³-hybridized carbons (Fsp3) is 0. The lowest BCUT2D eigenvalue weighted by atomic mass is 10.1. The Balaban J connectivity index is 1.32. The van der Waals surface area contributed by atoms with Crippen LogP contribution in [0.5, 0.6) is 5.75 Å². The molecule has 198 valence electrons. The molecule has 0 spiro atoms. The molecule has 0 bridgehead atoms. The monoisotopic (exact) mass is 628 g/mol. The Morgan fingerprint density at radius 2 is 1.70 bits per heavy atom. The summed E-state index contributed by atoms with van der Waals surface area (Å²) in [7, 11) is 0. The van der Waals surface area contributed by atoms with E-state index < -0.39 is 16.9 Å². The smallest absolute Gasteiger partial charge is 0.363 e. The summed E-state index contributed by atoms with van der Waals surface area (Å²) >= 11 is 21.3. The number of rotatable bonds is 5. The van der Waals surface area contributed by atoms with E-state index in [1.165, 1.54) is 24.3 Å². The predicted molar refractivity (Wildman–Crippen MR) is 157 cm³/mol. The third-order valence-electron chi connectivity index (χ3n) is 5.83. The number of nitro groups is 1. The molecule has 0 N–H and O–H groups in total. The fourth-order valence-corrected chi connectivity index (χ4v) is 7.10. The Labute approximate surface area is 247 Å². The van der Waals surface area contributed by atoms with Crippen LogP contribution in [0.3, 0.4) is 0 Å². The van der Waals surface area contributed by atoms with E-state index in [4.69, 9.17) is 44.3 Å². The lowest BCUT2D eigenvalue weighted by molar-refractivity contribution is -0.384. The molecule has 0 saturated carbocycles. The summed E-state index contributed by atoms with van der Waals surface area (Å²) in [6.07, 6.45) is 1.43. The van der Waals surface area contributed by atoms with Crippen molar-refractivity contribution in [2.45, 2.75) is 0 Å². The average Bonchev–Trinajstić information content (AvgIpc) is 3.57. The van der Waals surface area contributed by atoms with E-state index in [0.717, 1.165) is 27.4 Å². The summed E-state index contributed by atoms with van der Waals surface area (Å²) < 4.78 is 12.3. The van der Waals surface area contributed by atoms with Crippen molar-refractivity contribution >= 4 is 107 Å². The number of hydrogen-bond donors (Lipinski definition) is 0. The number of ether oxygens (including phenoxy) is 2. The molecule has 2 aromatic heterocycles. The van der Waals surface area contributed by atoms with Gasteiger partial charge in [-0.05, 0) is 30.3 Å². The van der Waals surface area contributed by atoms with Crippen LogP contribution in [0.4, 0.5) is 5.69 Å². The molecule has 0 amide bonds. The normalized spacial score (nSPS) is 14.1. The summed E-state index contributed by atoms with van der Waals surface area (Å²) in [6.45, 7) is 0. The minimum Gasteiger partial charge on any atom is -0.422 e. The molecule has 5 aromatic rings. The minimum absolute atomic E-state index is 0.0321. The van der Waals surface area contributed by atoms with Crippen LogP contribution in [-0.2, 0) is 9.53 Å². The van der Waals surface area contributed by atoms with Crippen molar-refractivity contribution in [1.29, 1.82) is 0 Å². The van der Waals surface area contributed by atoms with Crippen LogP contribution in [0, 0.1) is 10.1 Å². The molecular weight excluding hydrogens is 619 g/mol. The van der Waals surface area contributed by atoms with Gasteiger partial charge < -0.3 is 9.47 Å². The maximum absolute atomic E-state index is 13.0. The number of thiophene rings is 2. The topological polar surface area (TPSA) is 108 Å². The second-order valence-electron chi connectivity index (χ2n) is 8.33. The molecule has 0 aliphatic carbocycles. The number of non-ortho nitro benzene ring substituents is 1. The van der Waals surface area contributed by atoms with Crippen molar-refractivity contribution in [3.8, 4) is 5.75 Å². The quantitative estimate of drug-likeness (QED) is 0.0634. The molecule has 3 aromatic carbocycles. The van der Waals surface area contributed by atoms with Crippen LogP contribution in [-0.4, -0.2) is 22.8 Å². The van der Waals surface area contributed by atoms with E-state index in [1.54, 1.807) is 42.5 Å². The molecule has 0 atom stereocenters. The molecule has 0 fully saturated rings. The van der Waals surface area contributed by atoms with Gasteiger partial charge in [-0.2, -0.15) is 0 Å². The second kappa shape index (κ2) is 10.3. The standard InChI is InChI=1S/C27H11Cl3N2O6S2/c28-13-5-7-15-19(10-13)40-24(22(15)30)27(34)37-18-4-2-1-3-12(18)9-17-26(33)38-25(31-17)23-21(29)16-8-6-14(32(35)36)11-20(16)39-23/h1-11H/b17-9+. The van der Waals surface area contributed by atoms with E-state index in [1.807, 2.05) is 0 Å². The van der Waals surface area contributed by atoms with Crippen LogP contribution in [0.15, 0.2) is 71.4 Å². The van der Waals surface area contributed by atoms with Crippen molar-refractivity contribution in [1.82, 2.24) is 0 Å². The van der Waals surface area contributed by atoms with Gasteiger partial charge in [-0.15, -0.1) is 22.7 Å². The Bertz CT molecular complexity index is 1980. The number of para-hydroxylation sites is 1. The second-order valence-corrected chi connectivity index (χ2v) is 11.6. The first-order valence-corrected chi connectivity index (χ1v) is 14.0. The highest BCUT2D eigenvalue weighted by Gasteiger charge is 2.29. The molecular formula is C27H11Cl3N2O6S2. The van der Waals surface area contributed by atoms with Gasteiger partial charge in [0.1, 0.15) is 15.5 Å². The molecule has 0 saturated heterocycles. The Kier molecular flexibility index (Phi) is 6.81. The molecule has 40 heavy (non-hydrogen) atoms. The average molecular weight is 630 g/mol. The van der Waals surface area contributed by atoms with Gasteiger partial charge in [0.15, 0.2) is 5.70 Å². The molecule has 3 heterocycles. The zero-order valence-electron chi connectivity index (χ0n) is 19.6. The van der Waals surface area contributed by atoms with Gasteiger partial charge in [-0.1, -0.05) is 59.1 Å². The van der Waals surface area contributed by atoms with Gasteiger partial charge >= 0.3 is 11.9 Å². The van der Waals surface area contributed by atoms with Gasteiger partial charge in [0, 0.05) is 42.9 Å². The van der Waals surface area contributed by atoms with Crippen LogP contribution < -0.4 is 4.74 Å². The number of nitro benzene ring substituents is 1. The number of halogens is 3. The van der Waals surface area contributed by atoms with Gasteiger partial charge in [-0.3, -0.25) is 10.1 Å². The SMILES string of the molecule is O=C1OC(c2sc3cc([N+](=O)[O-])ccc3c2Cl)=N/C1=C/c1ccccc1OC(=O)c1sc2cc(Cl)ccc2c1Cl. The van der Waals surface area contributed by atoms with Crippen molar-refractivity contribution < 1.29 is 24.0 Å². The number of nitrogens with zero attached hydrogens (tertiary/aromatic N) is 2. The van der Waals surface area contributed by atoms with Crippen molar-refractivity contribution in [3.63, 3.8) is 0 Å². The number of hydrogen-bond acceptors (Lipinski definition) is 9. The van der Waals surface area contributed by atoms with Crippen molar-refractivity contribution in [3.05, 3.63) is 107 Å². The molecule has 6 rings (SSSR count). The zero-order chi connectivity index (χ0) is 28.1. The summed E-state index contributed by atoms with van der Waals surface area (Å²) in [5, 5.41) is 13.4. The Morgan fingerprint density at radius 1 is 0.975 bits per heavy atom. The number of esters is 2. The lowest BCUT2D eigenvalue weighted by Crippen LogP contribution is -2.08. The lowest BCUT2D eigenvalue weighted by Gasteiger charge is -2.07. The molecule has 0 radical (unpaired) electrons. The summed E-state index contributed by atoms with van der Waals surface area (Å²) in [4.78, 5) is 41.2. The van der Waals surface area contributed by atoms with Crippen molar-refractivity contribution in [2.24, 2.45) is 4.99 Å². The van der Waals surface area contributed by atoms with E-state index in [-0.39, 0.29) is 38.0 Å². The van der Waals surface area contributed by atoms with Gasteiger partial charge in [0.2, 0.25) is 5.90 Å². The number of aliphatic imine (C=N–C) groups is 1. The number of cyclic esters (lactones) is 1. The highest BCUT2D eigenvalue weighted by molar-refractivity contribution is 7.22. The molecule has 13 heteroatoms. The molecule has 1 aliphatic rings. The first kappa shape index (κ1) is 26.4. The first-order chi connectivity index (χ1) is 19.2. The van der Waals surface area contributed by atoms with Gasteiger partial charge in [0.25, 0.3) is 5.69 Å². The summed E-state index contributed by atoms with van der Waals surface area (Å²) in [6, 6.07) is 16.0. The number of carbonyl (C=O) groups excluding carboxylic acids is 2. The molecule has 8 nitrogen and oxygen atoms in total. The molecule has 1 aliphatic heterocycles. The van der Waals surface area contributed by atoms with Gasteiger partial charge in [0.05, 0.1) is 15.0 Å². The maximum Gasteiger partial charge on any atom is 0.363 e. The zero-order valence-corrected chi connectivity index (χ0v) is 23.5. The number of benzene rings is 3. The van der Waals surface area contributed by atoms with Crippen LogP contribution >= 0.6 is 57.5 Å². The third-order valence-corrected chi connectivity index (χ3v) is 9.35. The van der Waals surface area contributed by atoms with Crippen LogP contribution in [0.2, 0.25) is 15.1 Å². The summed E-state index contributed by atoms with van der Waals surface area (Å²) in [5.74, 6) is -1.26. The number of carbonyl (C=O) groups is 2. The van der Waals surface area contributed by atoms with E-state index in [0.29, 0.717) is 30.9 Å². The third kappa shape index (κ3) is 4.74.